The number of fused-ring (bicyclic) bond motifs is 2. The molecule has 0 aliphatic carbocycles. The van der Waals surface area contributed by atoms with Crippen LogP contribution in [0.5, 0.6) is 0 Å². The number of H-pyrrole nitrogens is 1. The van der Waals surface area contributed by atoms with Crippen molar-refractivity contribution in [2.45, 2.75) is 0 Å². The molecule has 0 spiro atoms. The van der Waals surface area contributed by atoms with Crippen LogP contribution in [0.1, 0.15) is 0 Å². The topological polar surface area (TPSA) is 80.7 Å². The highest BCUT2D eigenvalue weighted by Crippen LogP contribution is 2.42. The van der Waals surface area contributed by atoms with E-state index in [0.29, 0.717) is 5.82 Å². The molecule has 5 heteroatoms. The number of aromatic nitrogens is 2. The van der Waals surface area contributed by atoms with Crippen LogP contribution in [0.4, 0.5) is 11.5 Å². The molecule has 0 atom stereocenters. The Hall–Kier alpha value is -3.31. The first-order valence-electron chi connectivity index (χ1n) is 8.30. The Bertz CT molecular complexity index is 1250. The molecule has 0 aliphatic heterocycles. The Morgan fingerprint density at radius 2 is 1.69 bits per heavy atom. The van der Waals surface area contributed by atoms with Gasteiger partial charge in [-0.2, -0.15) is 0 Å². The maximum atomic E-state index is 6.25. The molecule has 3 aromatic heterocycles. The quantitative estimate of drug-likeness (QED) is 0.377. The number of hydrogen-bond acceptors (Lipinski definition) is 4. The van der Waals surface area contributed by atoms with Crippen LogP contribution in [0.2, 0.25) is 0 Å². The van der Waals surface area contributed by atoms with Gasteiger partial charge in [-0.05, 0) is 46.2 Å². The monoisotopic (exact) mass is 356 g/mol. The minimum absolute atomic E-state index is 0.553. The van der Waals surface area contributed by atoms with E-state index >= 15 is 0 Å². The third kappa shape index (κ3) is 2.25. The zero-order valence-corrected chi connectivity index (χ0v) is 14.7. The van der Waals surface area contributed by atoms with Gasteiger partial charge in [-0.1, -0.05) is 24.3 Å². The van der Waals surface area contributed by atoms with Crippen LogP contribution < -0.4 is 11.5 Å². The van der Waals surface area contributed by atoms with Gasteiger partial charge in [0.15, 0.2) is 0 Å². The summed E-state index contributed by atoms with van der Waals surface area (Å²) < 4.78 is 1.15. The zero-order valence-electron chi connectivity index (χ0n) is 13.9. The second-order valence-electron chi connectivity index (χ2n) is 6.31. The number of nitrogens with two attached hydrogens (primary N) is 2. The van der Waals surface area contributed by atoms with E-state index in [4.69, 9.17) is 11.5 Å². The molecule has 0 unspecified atom stereocenters. The van der Waals surface area contributed by atoms with Gasteiger partial charge in [-0.25, -0.2) is 4.98 Å². The van der Waals surface area contributed by atoms with E-state index in [0.717, 1.165) is 43.5 Å². The molecule has 0 bridgehead atoms. The van der Waals surface area contributed by atoms with Crippen molar-refractivity contribution < 1.29 is 0 Å². The smallest absolute Gasteiger partial charge is 0.132 e. The standard InChI is InChI=1S/C21H16N4S/c22-15-5-3-12(4-6-15)17-11-26-20-16(10-25-21(23)19(17)20)14-2-1-13-7-8-24-18(13)9-14/h1-11,24H,22H2,(H2,23,25). The van der Waals surface area contributed by atoms with Crippen molar-refractivity contribution in [3.05, 3.63) is 66.3 Å². The molecular weight excluding hydrogens is 340 g/mol. The maximum absolute atomic E-state index is 6.25. The molecule has 0 radical (unpaired) electrons. The number of benzene rings is 2. The van der Waals surface area contributed by atoms with Crippen molar-refractivity contribution in [1.29, 1.82) is 0 Å². The molecule has 0 aliphatic rings. The maximum Gasteiger partial charge on any atom is 0.132 e. The van der Waals surface area contributed by atoms with Crippen LogP contribution in [-0.2, 0) is 0 Å². The van der Waals surface area contributed by atoms with Crippen LogP contribution in [0, 0.1) is 0 Å². The number of nitrogens with zero attached hydrogens (tertiary/aromatic N) is 1. The Labute approximate surface area is 154 Å². The predicted octanol–water partition coefficient (Wildman–Crippen LogP) is 5.28. The van der Waals surface area contributed by atoms with Gasteiger partial charge in [0.25, 0.3) is 0 Å². The van der Waals surface area contributed by atoms with E-state index in [1.54, 1.807) is 11.3 Å². The molecule has 0 saturated carbocycles. The van der Waals surface area contributed by atoms with Crippen molar-refractivity contribution in [2.24, 2.45) is 0 Å². The summed E-state index contributed by atoms with van der Waals surface area (Å²) in [6.45, 7) is 0. The van der Waals surface area contributed by atoms with Gasteiger partial charge in [0.05, 0.1) is 0 Å². The van der Waals surface area contributed by atoms with Gasteiger partial charge in [-0.15, -0.1) is 11.3 Å². The molecule has 126 valence electrons. The number of pyridine rings is 1. The Morgan fingerprint density at radius 1 is 0.885 bits per heavy atom. The summed E-state index contributed by atoms with van der Waals surface area (Å²) in [6.07, 6.45) is 3.82. The molecular formula is C21H16N4S. The fraction of sp³-hybridized carbons (Fsp3) is 0. The molecule has 5 aromatic rings. The number of anilines is 2. The highest BCUT2D eigenvalue weighted by Gasteiger charge is 2.15. The normalized spacial score (nSPS) is 11.4. The van der Waals surface area contributed by atoms with Crippen molar-refractivity contribution in [3.8, 4) is 22.3 Å². The van der Waals surface area contributed by atoms with Crippen LogP contribution in [-0.4, -0.2) is 9.97 Å². The van der Waals surface area contributed by atoms with Gasteiger partial charge in [-0.3, -0.25) is 0 Å². The molecule has 5 N–H and O–H groups in total. The third-order valence-electron chi connectivity index (χ3n) is 4.71. The summed E-state index contributed by atoms with van der Waals surface area (Å²) in [5.41, 5.74) is 18.4. The minimum Gasteiger partial charge on any atom is -0.399 e. The fourth-order valence-electron chi connectivity index (χ4n) is 3.36. The van der Waals surface area contributed by atoms with E-state index in [1.807, 2.05) is 36.7 Å². The first-order valence-corrected chi connectivity index (χ1v) is 9.18. The Kier molecular flexibility index (Phi) is 3.23. The highest BCUT2D eigenvalue weighted by atomic mass is 32.1. The average Bonchev–Trinajstić information content (AvgIpc) is 3.29. The number of aromatic amines is 1. The number of thiophene rings is 1. The molecule has 0 amide bonds. The molecule has 0 saturated heterocycles. The lowest BCUT2D eigenvalue weighted by Gasteiger charge is -2.07. The number of rotatable bonds is 2. The summed E-state index contributed by atoms with van der Waals surface area (Å²) in [7, 11) is 0. The zero-order chi connectivity index (χ0) is 17.7. The first-order chi connectivity index (χ1) is 12.7. The largest absolute Gasteiger partial charge is 0.399 e. The van der Waals surface area contributed by atoms with Crippen molar-refractivity contribution in [1.82, 2.24) is 9.97 Å². The lowest BCUT2D eigenvalue weighted by Crippen LogP contribution is -1.93. The van der Waals surface area contributed by atoms with E-state index < -0.39 is 0 Å². The summed E-state index contributed by atoms with van der Waals surface area (Å²) in [6, 6.07) is 16.3. The molecule has 4 nitrogen and oxygen atoms in total. The molecule has 26 heavy (non-hydrogen) atoms. The van der Waals surface area contributed by atoms with Gasteiger partial charge in [0.2, 0.25) is 0 Å². The van der Waals surface area contributed by atoms with Gasteiger partial charge in [0, 0.05) is 44.8 Å². The average molecular weight is 356 g/mol. The van der Waals surface area contributed by atoms with Gasteiger partial charge >= 0.3 is 0 Å². The number of hydrogen-bond donors (Lipinski definition) is 3. The van der Waals surface area contributed by atoms with E-state index in [9.17, 15) is 0 Å². The first kappa shape index (κ1) is 15.0. The summed E-state index contributed by atoms with van der Waals surface area (Å²) in [5, 5.41) is 4.34. The SMILES string of the molecule is Nc1ccc(-c2csc3c(-c4ccc5cc[nH]c5c4)cnc(N)c23)cc1. The molecule has 2 aromatic carbocycles. The lowest BCUT2D eigenvalue weighted by molar-refractivity contribution is 1.37. The molecule has 5 rings (SSSR count). The van der Waals surface area contributed by atoms with Crippen LogP contribution >= 0.6 is 11.3 Å². The fourth-order valence-corrected chi connectivity index (χ4v) is 4.48. The highest BCUT2D eigenvalue weighted by molar-refractivity contribution is 7.18. The molecule has 0 fully saturated rings. The van der Waals surface area contributed by atoms with Crippen LogP contribution in [0.3, 0.4) is 0 Å². The molecule has 3 heterocycles. The van der Waals surface area contributed by atoms with Crippen LogP contribution in [0.25, 0.3) is 43.2 Å². The van der Waals surface area contributed by atoms with Crippen molar-refractivity contribution in [3.63, 3.8) is 0 Å². The van der Waals surface area contributed by atoms with Gasteiger partial charge in [0.1, 0.15) is 5.82 Å². The van der Waals surface area contributed by atoms with Crippen molar-refractivity contribution >= 4 is 43.8 Å². The lowest BCUT2D eigenvalue weighted by atomic mass is 10.0. The van der Waals surface area contributed by atoms with E-state index in [1.165, 1.54) is 5.39 Å². The summed E-state index contributed by atoms with van der Waals surface area (Å²) >= 11 is 1.69. The minimum atomic E-state index is 0.553. The van der Waals surface area contributed by atoms with Gasteiger partial charge < -0.3 is 16.5 Å². The van der Waals surface area contributed by atoms with Crippen LogP contribution in [0.15, 0.2) is 66.3 Å². The van der Waals surface area contributed by atoms with E-state index in [2.05, 4.69) is 39.6 Å². The third-order valence-corrected chi connectivity index (χ3v) is 5.73. The Morgan fingerprint density at radius 3 is 2.54 bits per heavy atom. The number of nitrogen functional groups attached to an aromatic ring is 2. The van der Waals surface area contributed by atoms with E-state index in [-0.39, 0.29) is 0 Å². The Balaban J connectivity index is 1.75. The second-order valence-corrected chi connectivity index (χ2v) is 7.19. The summed E-state index contributed by atoms with van der Waals surface area (Å²) in [4.78, 5) is 7.75. The second kappa shape index (κ2) is 5.61. The number of nitrogens with one attached hydrogen (secondary N) is 1. The van der Waals surface area contributed by atoms with Crippen molar-refractivity contribution in [2.75, 3.05) is 11.5 Å². The summed E-state index contributed by atoms with van der Waals surface area (Å²) in [5.74, 6) is 0.553. The predicted molar refractivity (Wildman–Crippen MR) is 111 cm³/mol.